The van der Waals surface area contributed by atoms with Crippen molar-refractivity contribution in [3.8, 4) is 5.75 Å². The summed E-state index contributed by atoms with van der Waals surface area (Å²) in [5.74, 6) is 2.01. The third-order valence-corrected chi connectivity index (χ3v) is 6.26. The predicted molar refractivity (Wildman–Crippen MR) is 117 cm³/mol. The smallest absolute Gasteiger partial charge is 0.119 e. The Bertz CT molecular complexity index is 781. The number of rotatable bonds is 7. The first-order chi connectivity index (χ1) is 13.5. The second kappa shape index (κ2) is 9.98. The lowest BCUT2D eigenvalue weighted by atomic mass is 9.74. The highest BCUT2D eigenvalue weighted by molar-refractivity contribution is 6.42. The van der Waals surface area contributed by atoms with Crippen molar-refractivity contribution in [2.45, 2.75) is 37.9 Å². The Morgan fingerprint density at radius 1 is 1.04 bits per heavy atom. The lowest BCUT2D eigenvalue weighted by Gasteiger charge is -2.38. The van der Waals surface area contributed by atoms with Gasteiger partial charge in [-0.05, 0) is 80.6 Å². The van der Waals surface area contributed by atoms with Crippen molar-refractivity contribution in [3.05, 3.63) is 63.6 Å². The van der Waals surface area contributed by atoms with Gasteiger partial charge >= 0.3 is 0 Å². The number of halogens is 2. The molecule has 0 heterocycles. The molecule has 28 heavy (non-hydrogen) atoms. The molecule has 0 saturated heterocycles. The standard InChI is InChI=1S/C23H29Cl2NO2/c1-26(2)14-18-13-20(28-15-16-7-10-22(24)23(25)11-16)8-9-21(18)17-5-4-6-19(12-17)27-3/h4-7,10-12,18,20-21H,8-9,13-15H2,1-3H3. The van der Waals surface area contributed by atoms with Gasteiger partial charge in [-0.1, -0.05) is 41.4 Å². The second-order valence-electron chi connectivity index (χ2n) is 7.90. The first-order valence-electron chi connectivity index (χ1n) is 9.80. The molecule has 0 radical (unpaired) electrons. The van der Waals surface area contributed by atoms with Crippen LogP contribution < -0.4 is 4.74 Å². The highest BCUT2D eigenvalue weighted by Gasteiger charge is 2.32. The van der Waals surface area contributed by atoms with Crippen LogP contribution in [0, 0.1) is 5.92 Å². The van der Waals surface area contributed by atoms with Gasteiger partial charge in [0, 0.05) is 6.54 Å². The van der Waals surface area contributed by atoms with E-state index in [1.807, 2.05) is 24.3 Å². The summed E-state index contributed by atoms with van der Waals surface area (Å²) in [6, 6.07) is 14.2. The normalized spacial score (nSPS) is 22.4. The van der Waals surface area contributed by atoms with Crippen molar-refractivity contribution in [1.82, 2.24) is 4.90 Å². The molecule has 1 saturated carbocycles. The Balaban J connectivity index is 1.66. The van der Waals surface area contributed by atoms with Crippen LogP contribution in [0.4, 0.5) is 0 Å². The van der Waals surface area contributed by atoms with Crippen LogP contribution >= 0.6 is 23.2 Å². The van der Waals surface area contributed by atoms with Gasteiger partial charge in [0.2, 0.25) is 0 Å². The fourth-order valence-corrected chi connectivity index (χ4v) is 4.52. The van der Waals surface area contributed by atoms with Crippen molar-refractivity contribution < 1.29 is 9.47 Å². The number of hydrogen-bond acceptors (Lipinski definition) is 3. The van der Waals surface area contributed by atoms with E-state index in [4.69, 9.17) is 32.7 Å². The topological polar surface area (TPSA) is 21.7 Å². The molecule has 0 bridgehead atoms. The van der Waals surface area contributed by atoms with Crippen LogP contribution in [0.3, 0.4) is 0 Å². The van der Waals surface area contributed by atoms with Crippen molar-refractivity contribution in [2.24, 2.45) is 5.92 Å². The summed E-state index contributed by atoms with van der Waals surface area (Å²) in [5.41, 5.74) is 2.43. The fraction of sp³-hybridized carbons (Fsp3) is 0.478. The molecule has 3 atom stereocenters. The third kappa shape index (κ3) is 5.64. The molecule has 0 spiro atoms. The zero-order valence-electron chi connectivity index (χ0n) is 16.8. The van der Waals surface area contributed by atoms with E-state index in [1.54, 1.807) is 7.11 Å². The number of hydrogen-bond donors (Lipinski definition) is 0. The quantitative estimate of drug-likeness (QED) is 0.544. The average molecular weight is 422 g/mol. The van der Waals surface area contributed by atoms with E-state index in [2.05, 4.69) is 37.2 Å². The molecule has 2 aromatic carbocycles. The zero-order chi connectivity index (χ0) is 20.1. The Kier molecular flexibility index (Phi) is 7.64. The average Bonchev–Trinajstić information content (AvgIpc) is 2.68. The van der Waals surface area contributed by atoms with E-state index in [1.165, 1.54) is 5.56 Å². The van der Waals surface area contributed by atoms with Gasteiger partial charge in [0.25, 0.3) is 0 Å². The molecule has 1 aliphatic rings. The molecule has 3 rings (SSSR count). The van der Waals surface area contributed by atoms with Crippen LogP contribution in [-0.4, -0.2) is 38.8 Å². The summed E-state index contributed by atoms with van der Waals surface area (Å²) < 4.78 is 11.7. The summed E-state index contributed by atoms with van der Waals surface area (Å²) in [5, 5.41) is 1.16. The van der Waals surface area contributed by atoms with Crippen molar-refractivity contribution >= 4 is 23.2 Å². The minimum atomic E-state index is 0.265. The van der Waals surface area contributed by atoms with Gasteiger partial charge in [-0.25, -0.2) is 0 Å². The molecule has 3 nitrogen and oxygen atoms in total. The van der Waals surface area contributed by atoms with Crippen LogP contribution in [0.5, 0.6) is 5.75 Å². The van der Waals surface area contributed by atoms with Gasteiger partial charge < -0.3 is 14.4 Å². The maximum absolute atomic E-state index is 6.26. The van der Waals surface area contributed by atoms with Gasteiger partial charge in [-0.2, -0.15) is 0 Å². The Labute approximate surface area is 178 Å². The van der Waals surface area contributed by atoms with Crippen LogP contribution in [0.25, 0.3) is 0 Å². The summed E-state index contributed by atoms with van der Waals surface area (Å²) in [6.07, 6.45) is 3.51. The number of nitrogens with zero attached hydrogens (tertiary/aromatic N) is 1. The Hall–Kier alpha value is -1.26. The summed E-state index contributed by atoms with van der Waals surface area (Å²) in [6.45, 7) is 1.62. The Morgan fingerprint density at radius 3 is 2.57 bits per heavy atom. The second-order valence-corrected chi connectivity index (χ2v) is 8.71. The maximum atomic E-state index is 6.26. The van der Waals surface area contributed by atoms with E-state index in [0.29, 0.717) is 28.5 Å². The molecule has 5 heteroatoms. The van der Waals surface area contributed by atoms with Gasteiger partial charge in [0.1, 0.15) is 5.75 Å². The number of ether oxygens (including phenoxy) is 2. The third-order valence-electron chi connectivity index (χ3n) is 5.53. The number of methoxy groups -OCH3 is 1. The summed E-state index contributed by atoms with van der Waals surface area (Å²) in [7, 11) is 6.01. The minimum Gasteiger partial charge on any atom is -0.497 e. The van der Waals surface area contributed by atoms with Crippen molar-refractivity contribution in [3.63, 3.8) is 0 Å². The van der Waals surface area contributed by atoms with E-state index >= 15 is 0 Å². The zero-order valence-corrected chi connectivity index (χ0v) is 18.3. The molecule has 0 amide bonds. The predicted octanol–water partition coefficient (Wildman–Crippen LogP) is 6.03. The maximum Gasteiger partial charge on any atom is 0.119 e. The molecule has 3 unspecified atom stereocenters. The monoisotopic (exact) mass is 421 g/mol. The number of benzene rings is 2. The van der Waals surface area contributed by atoms with Crippen molar-refractivity contribution in [2.75, 3.05) is 27.7 Å². The highest BCUT2D eigenvalue weighted by atomic mass is 35.5. The molecule has 1 aliphatic carbocycles. The SMILES string of the molecule is COc1cccc(C2CCC(OCc3ccc(Cl)c(Cl)c3)CC2CN(C)C)c1. The first kappa shape index (κ1) is 21.4. The largest absolute Gasteiger partial charge is 0.497 e. The van der Waals surface area contributed by atoms with E-state index < -0.39 is 0 Å². The lowest BCUT2D eigenvalue weighted by Crippen LogP contribution is -2.34. The lowest BCUT2D eigenvalue weighted by molar-refractivity contribution is -0.00689. The van der Waals surface area contributed by atoms with Crippen LogP contribution in [0.2, 0.25) is 10.0 Å². The van der Waals surface area contributed by atoms with Crippen LogP contribution in [0.1, 0.15) is 36.3 Å². The van der Waals surface area contributed by atoms with Crippen LogP contribution in [0.15, 0.2) is 42.5 Å². The van der Waals surface area contributed by atoms with Crippen molar-refractivity contribution in [1.29, 1.82) is 0 Å². The van der Waals surface area contributed by atoms with Gasteiger partial charge in [0.05, 0.1) is 29.9 Å². The summed E-state index contributed by atoms with van der Waals surface area (Å²) in [4.78, 5) is 2.28. The van der Waals surface area contributed by atoms with E-state index in [9.17, 15) is 0 Å². The molecule has 0 aromatic heterocycles. The van der Waals surface area contributed by atoms with E-state index in [0.717, 1.165) is 37.1 Å². The fourth-order valence-electron chi connectivity index (χ4n) is 4.20. The Morgan fingerprint density at radius 2 is 1.86 bits per heavy atom. The molecule has 2 aromatic rings. The first-order valence-corrected chi connectivity index (χ1v) is 10.6. The van der Waals surface area contributed by atoms with Gasteiger partial charge in [-0.15, -0.1) is 0 Å². The molecule has 1 fully saturated rings. The highest BCUT2D eigenvalue weighted by Crippen LogP contribution is 2.40. The molecule has 152 valence electrons. The van der Waals surface area contributed by atoms with E-state index in [-0.39, 0.29) is 6.10 Å². The van der Waals surface area contributed by atoms with Gasteiger partial charge in [-0.3, -0.25) is 0 Å². The molecular weight excluding hydrogens is 393 g/mol. The van der Waals surface area contributed by atoms with Gasteiger partial charge in [0.15, 0.2) is 0 Å². The molecule has 0 N–H and O–H groups in total. The van der Waals surface area contributed by atoms with Crippen LogP contribution in [-0.2, 0) is 11.3 Å². The minimum absolute atomic E-state index is 0.265. The summed E-state index contributed by atoms with van der Waals surface area (Å²) >= 11 is 12.1. The molecule has 0 aliphatic heterocycles. The molecular formula is C23H29Cl2NO2.